The molecule has 2 heterocycles. The predicted molar refractivity (Wildman–Crippen MR) is 98.2 cm³/mol. The van der Waals surface area contributed by atoms with Gasteiger partial charge in [-0.15, -0.1) is 0 Å². The van der Waals surface area contributed by atoms with Crippen LogP contribution in [0.5, 0.6) is 0 Å². The van der Waals surface area contributed by atoms with Crippen LogP contribution in [0, 0.1) is 5.82 Å². The smallest absolute Gasteiger partial charge is 0.333 e. The third-order valence-corrected chi connectivity index (χ3v) is 4.57. The average Bonchev–Trinajstić information content (AvgIpc) is 3.24. The monoisotopic (exact) mass is 380 g/mol. The Labute approximate surface area is 161 Å². The van der Waals surface area contributed by atoms with Crippen LogP contribution in [-0.4, -0.2) is 23.8 Å². The lowest BCUT2D eigenvalue weighted by Gasteiger charge is -2.21. The Morgan fingerprint density at radius 3 is 2.57 bits per heavy atom. The first-order chi connectivity index (χ1) is 13.5. The number of esters is 2. The summed E-state index contributed by atoms with van der Waals surface area (Å²) in [5.41, 5.74) is 1.49. The molecule has 0 unspecified atom stereocenters. The molecule has 0 saturated carbocycles. The molecule has 28 heavy (non-hydrogen) atoms. The van der Waals surface area contributed by atoms with Crippen molar-refractivity contribution >= 4 is 18.0 Å². The van der Waals surface area contributed by atoms with E-state index >= 15 is 0 Å². The molecule has 2 aliphatic rings. The minimum atomic E-state index is -1.22. The van der Waals surface area contributed by atoms with Crippen LogP contribution in [0.25, 0.3) is 6.08 Å². The van der Waals surface area contributed by atoms with Gasteiger partial charge in [0.1, 0.15) is 18.0 Å². The van der Waals surface area contributed by atoms with Crippen molar-refractivity contribution in [3.05, 3.63) is 89.8 Å². The second-order valence-corrected chi connectivity index (χ2v) is 6.58. The first-order valence-corrected chi connectivity index (χ1v) is 8.82. The van der Waals surface area contributed by atoms with E-state index in [0.717, 1.165) is 5.56 Å². The highest BCUT2D eigenvalue weighted by Crippen LogP contribution is 2.44. The van der Waals surface area contributed by atoms with Gasteiger partial charge in [-0.3, -0.25) is 0 Å². The van der Waals surface area contributed by atoms with E-state index in [1.54, 1.807) is 24.3 Å². The molecule has 3 atom stereocenters. The quantitative estimate of drug-likeness (QED) is 0.598. The minimum Gasteiger partial charge on any atom is -0.456 e. The van der Waals surface area contributed by atoms with Gasteiger partial charge in [0.15, 0.2) is 0 Å². The zero-order valence-corrected chi connectivity index (χ0v) is 14.8. The fourth-order valence-electron chi connectivity index (χ4n) is 3.29. The standard InChI is InChI=1S/C22H17FO5/c23-17-9-6-15(7-10-17)8-11-19(24)26-18-14-22(13-12-20(25)27-22)28-21(18)16-4-2-1-3-5-16/h1-13,18,21H,14H2/b11-8+/t18-,21-,22+/m0/s1. The van der Waals surface area contributed by atoms with Crippen molar-refractivity contribution < 1.29 is 28.2 Å². The SMILES string of the molecule is O=C1C=C[C@@]2(C[C@H](OC(=O)/C=C/c3ccc(F)cc3)[C@H](c3ccccc3)O2)O1. The molecule has 0 N–H and O–H groups in total. The summed E-state index contributed by atoms with van der Waals surface area (Å²) in [6, 6.07) is 15.0. The molecule has 0 amide bonds. The Hall–Kier alpha value is -3.25. The average molecular weight is 380 g/mol. The van der Waals surface area contributed by atoms with Gasteiger partial charge >= 0.3 is 11.9 Å². The van der Waals surface area contributed by atoms with Crippen LogP contribution in [0.2, 0.25) is 0 Å². The van der Waals surface area contributed by atoms with Gasteiger partial charge in [-0.05, 0) is 35.4 Å². The van der Waals surface area contributed by atoms with Gasteiger partial charge in [-0.25, -0.2) is 14.0 Å². The van der Waals surface area contributed by atoms with E-state index in [2.05, 4.69) is 0 Å². The Kier molecular flexibility index (Phi) is 4.79. The molecule has 5 nitrogen and oxygen atoms in total. The summed E-state index contributed by atoms with van der Waals surface area (Å²) in [6.07, 6.45) is 4.67. The van der Waals surface area contributed by atoms with Crippen molar-refractivity contribution in [3.63, 3.8) is 0 Å². The van der Waals surface area contributed by atoms with E-state index in [9.17, 15) is 14.0 Å². The van der Waals surface area contributed by atoms with Crippen molar-refractivity contribution in [1.82, 2.24) is 0 Å². The molecular weight excluding hydrogens is 363 g/mol. The van der Waals surface area contributed by atoms with Crippen molar-refractivity contribution in [2.45, 2.75) is 24.4 Å². The zero-order chi connectivity index (χ0) is 19.6. The lowest BCUT2D eigenvalue weighted by molar-refractivity contribution is -0.193. The maximum absolute atomic E-state index is 13.0. The second kappa shape index (κ2) is 7.40. The normalized spacial score (nSPS) is 26.1. The number of hydrogen-bond donors (Lipinski definition) is 0. The topological polar surface area (TPSA) is 61.8 Å². The van der Waals surface area contributed by atoms with Gasteiger partial charge in [0.25, 0.3) is 0 Å². The molecule has 2 aliphatic heterocycles. The van der Waals surface area contributed by atoms with Crippen molar-refractivity contribution in [3.8, 4) is 0 Å². The van der Waals surface area contributed by atoms with Crippen LogP contribution >= 0.6 is 0 Å². The molecule has 1 saturated heterocycles. The maximum atomic E-state index is 13.0. The molecule has 6 heteroatoms. The molecule has 0 radical (unpaired) electrons. The molecule has 142 valence electrons. The Morgan fingerprint density at radius 2 is 1.89 bits per heavy atom. The van der Waals surface area contributed by atoms with Gasteiger partial charge in [-0.2, -0.15) is 0 Å². The molecule has 1 fully saturated rings. The van der Waals surface area contributed by atoms with Crippen LogP contribution < -0.4 is 0 Å². The first kappa shape index (κ1) is 18.1. The summed E-state index contributed by atoms with van der Waals surface area (Å²) < 4.78 is 29.8. The van der Waals surface area contributed by atoms with E-state index in [1.165, 1.54) is 24.3 Å². The lowest BCUT2D eigenvalue weighted by Crippen LogP contribution is -2.27. The van der Waals surface area contributed by atoms with E-state index in [-0.39, 0.29) is 12.2 Å². The molecule has 4 rings (SSSR count). The van der Waals surface area contributed by atoms with Crippen LogP contribution in [0.3, 0.4) is 0 Å². The Balaban J connectivity index is 1.50. The predicted octanol–water partition coefficient (Wildman–Crippen LogP) is 3.72. The first-order valence-electron chi connectivity index (χ1n) is 8.82. The summed E-state index contributed by atoms with van der Waals surface area (Å²) in [5.74, 6) is -2.62. The van der Waals surface area contributed by atoms with Gasteiger partial charge in [0.05, 0.1) is 6.42 Å². The molecule has 2 aromatic carbocycles. The van der Waals surface area contributed by atoms with Crippen LogP contribution in [0.4, 0.5) is 4.39 Å². The summed E-state index contributed by atoms with van der Waals surface area (Å²) in [6.45, 7) is 0. The van der Waals surface area contributed by atoms with E-state index < -0.39 is 29.9 Å². The summed E-state index contributed by atoms with van der Waals surface area (Å²) in [5, 5.41) is 0. The fraction of sp³-hybridized carbons (Fsp3) is 0.182. The van der Waals surface area contributed by atoms with Crippen LogP contribution in [0.1, 0.15) is 23.7 Å². The van der Waals surface area contributed by atoms with Crippen LogP contribution in [0.15, 0.2) is 72.8 Å². The number of rotatable bonds is 4. The van der Waals surface area contributed by atoms with Gasteiger partial charge in [0.2, 0.25) is 5.79 Å². The molecular formula is C22H17FO5. The molecule has 0 aromatic heterocycles. The van der Waals surface area contributed by atoms with E-state index in [1.807, 2.05) is 30.3 Å². The largest absolute Gasteiger partial charge is 0.456 e. The van der Waals surface area contributed by atoms with Crippen LogP contribution in [-0.2, 0) is 23.8 Å². The number of hydrogen-bond acceptors (Lipinski definition) is 5. The minimum absolute atomic E-state index is 0.199. The summed E-state index contributed by atoms with van der Waals surface area (Å²) >= 11 is 0. The lowest BCUT2D eigenvalue weighted by atomic mass is 10.0. The third kappa shape index (κ3) is 3.87. The van der Waals surface area contributed by atoms with Crippen molar-refractivity contribution in [2.75, 3.05) is 0 Å². The summed E-state index contributed by atoms with van der Waals surface area (Å²) in [7, 11) is 0. The van der Waals surface area contributed by atoms with Crippen molar-refractivity contribution in [1.29, 1.82) is 0 Å². The van der Waals surface area contributed by atoms with E-state index in [0.29, 0.717) is 5.56 Å². The highest BCUT2D eigenvalue weighted by atomic mass is 19.1. The number of benzene rings is 2. The zero-order valence-electron chi connectivity index (χ0n) is 14.8. The Morgan fingerprint density at radius 1 is 1.14 bits per heavy atom. The maximum Gasteiger partial charge on any atom is 0.333 e. The molecule has 0 bridgehead atoms. The fourth-order valence-corrected chi connectivity index (χ4v) is 3.29. The van der Waals surface area contributed by atoms with E-state index in [4.69, 9.17) is 14.2 Å². The summed E-state index contributed by atoms with van der Waals surface area (Å²) in [4.78, 5) is 23.8. The molecule has 1 spiro atoms. The highest BCUT2D eigenvalue weighted by Gasteiger charge is 2.52. The molecule has 2 aromatic rings. The molecule has 0 aliphatic carbocycles. The van der Waals surface area contributed by atoms with Crippen molar-refractivity contribution in [2.24, 2.45) is 0 Å². The number of halogens is 1. The Bertz CT molecular complexity index is 935. The number of carbonyl (C=O) groups is 2. The van der Waals surface area contributed by atoms with Gasteiger partial charge in [0, 0.05) is 12.2 Å². The third-order valence-electron chi connectivity index (χ3n) is 4.57. The van der Waals surface area contributed by atoms with Gasteiger partial charge in [-0.1, -0.05) is 42.5 Å². The second-order valence-electron chi connectivity index (χ2n) is 6.58. The number of ether oxygens (including phenoxy) is 3. The van der Waals surface area contributed by atoms with Gasteiger partial charge < -0.3 is 14.2 Å². The highest BCUT2D eigenvalue weighted by molar-refractivity contribution is 5.87. The number of carbonyl (C=O) groups excluding carboxylic acids is 2.